The van der Waals surface area contributed by atoms with Gasteiger partial charge >= 0.3 is 0 Å². The highest BCUT2D eigenvalue weighted by Crippen LogP contribution is 2.36. The van der Waals surface area contributed by atoms with Gasteiger partial charge in [-0.25, -0.2) is 0 Å². The number of aliphatic hydroxyl groups is 9. The summed E-state index contributed by atoms with van der Waals surface area (Å²) in [7, 11) is 0. The SMILES string of the molecule is O=C(Cc1c(I)c(C(=O)NCC(O)CO)c(I)c(C(=O)NCC(O)CO)c1I)NCC(O)CC(=O)Nc1c(I)c(C(=O)NCC(O)CO)c(I)c(C(=O)NCC(O)CO)c1I. The lowest BCUT2D eigenvalue weighted by atomic mass is 10.0. The maximum absolute atomic E-state index is 13.3. The summed E-state index contributed by atoms with van der Waals surface area (Å²) in [5.74, 6) is -4.48. The molecule has 5 unspecified atom stereocenters. The molecule has 340 valence electrons. The van der Waals surface area contributed by atoms with Gasteiger partial charge in [-0.1, -0.05) is 0 Å². The van der Waals surface area contributed by atoms with Crippen molar-refractivity contribution < 1.29 is 74.7 Å². The van der Waals surface area contributed by atoms with Crippen LogP contribution in [0.1, 0.15) is 53.4 Å². The predicted molar refractivity (Wildman–Crippen MR) is 267 cm³/mol. The van der Waals surface area contributed by atoms with Crippen molar-refractivity contribution in [2.24, 2.45) is 0 Å². The Morgan fingerprint density at radius 2 is 0.705 bits per heavy atom. The van der Waals surface area contributed by atoms with Gasteiger partial charge in [-0.3, -0.25) is 28.8 Å². The molecule has 0 aliphatic rings. The molecule has 2 aromatic rings. The molecule has 0 radical (unpaired) electrons. The minimum Gasteiger partial charge on any atom is -0.394 e. The zero-order valence-corrected chi connectivity index (χ0v) is 44.4. The van der Waals surface area contributed by atoms with E-state index < -0.39 is 112 Å². The standard InChI is InChI=1S/C34H42I6N6O15/c35-24-17(25(36)21(32(59)43-5-14(53)9-48)26(37)20(24)31(58)42-4-13(52)8-47)2-18(56)41-3-12(51)1-19(57)46-30-28(39)22(33(60)44-6-15(54)10-49)27(38)23(29(30)40)34(61)45-7-16(55)11-50/h12-16,47-55H,1-11H2,(H,41,56)(H,42,58)(H,43,59)(H,44,60)(H,45,61)(H,46,57). The highest BCUT2D eigenvalue weighted by atomic mass is 127. The first-order chi connectivity index (χ1) is 28.6. The van der Waals surface area contributed by atoms with Gasteiger partial charge < -0.3 is 77.9 Å². The van der Waals surface area contributed by atoms with Crippen molar-refractivity contribution in [3.05, 3.63) is 49.2 Å². The minimum atomic E-state index is -1.48. The third kappa shape index (κ3) is 16.6. The summed E-state index contributed by atoms with van der Waals surface area (Å²) in [5, 5.41) is 102. The van der Waals surface area contributed by atoms with Gasteiger partial charge in [-0.2, -0.15) is 0 Å². The summed E-state index contributed by atoms with van der Waals surface area (Å²) >= 11 is 10.7. The Balaban J connectivity index is 2.37. The van der Waals surface area contributed by atoms with Crippen LogP contribution in [-0.4, -0.2) is 171 Å². The molecule has 6 amide bonds. The van der Waals surface area contributed by atoms with Crippen molar-refractivity contribution in [2.75, 3.05) is 64.5 Å². The average Bonchev–Trinajstić information content (AvgIpc) is 3.22. The molecule has 0 saturated carbocycles. The third-order valence-electron chi connectivity index (χ3n) is 8.03. The number of aliphatic hydroxyl groups excluding tert-OH is 9. The monoisotopic (exact) mass is 1540 g/mol. The zero-order chi connectivity index (χ0) is 46.3. The van der Waals surface area contributed by atoms with Crippen molar-refractivity contribution in [2.45, 2.75) is 43.4 Å². The van der Waals surface area contributed by atoms with Crippen LogP contribution in [0.15, 0.2) is 0 Å². The number of hydrogen-bond acceptors (Lipinski definition) is 15. The van der Waals surface area contributed by atoms with E-state index in [1.807, 2.05) is 45.2 Å². The highest BCUT2D eigenvalue weighted by molar-refractivity contribution is 14.1. The van der Waals surface area contributed by atoms with E-state index in [1.165, 1.54) is 0 Å². The Morgan fingerprint density at radius 3 is 1.02 bits per heavy atom. The zero-order valence-electron chi connectivity index (χ0n) is 31.4. The molecule has 0 spiro atoms. The smallest absolute Gasteiger partial charge is 0.253 e. The molecule has 0 heterocycles. The molecule has 21 nitrogen and oxygen atoms in total. The summed E-state index contributed by atoms with van der Waals surface area (Å²) in [5.41, 5.74) is 0.0365. The largest absolute Gasteiger partial charge is 0.394 e. The molecule has 2 rings (SSSR count). The van der Waals surface area contributed by atoms with Gasteiger partial charge in [0.15, 0.2) is 0 Å². The van der Waals surface area contributed by atoms with Gasteiger partial charge in [0.2, 0.25) is 11.8 Å². The molecule has 2 aromatic carbocycles. The maximum Gasteiger partial charge on any atom is 0.253 e. The van der Waals surface area contributed by atoms with Crippen molar-refractivity contribution in [3.8, 4) is 0 Å². The van der Waals surface area contributed by atoms with Gasteiger partial charge in [0.1, 0.15) is 0 Å². The fraction of sp³-hybridized carbons (Fsp3) is 0.471. The van der Waals surface area contributed by atoms with Gasteiger partial charge in [-0.05, 0) is 141 Å². The first kappa shape index (κ1) is 56.4. The van der Waals surface area contributed by atoms with E-state index in [-0.39, 0.29) is 81.1 Å². The summed E-state index contributed by atoms with van der Waals surface area (Å²) in [6, 6.07) is 0. The molecule has 0 aliphatic heterocycles. The van der Waals surface area contributed by atoms with Gasteiger partial charge in [0.05, 0.1) is 105 Å². The van der Waals surface area contributed by atoms with E-state index in [0.717, 1.165) is 0 Å². The van der Waals surface area contributed by atoms with Crippen molar-refractivity contribution >= 4 is 177 Å². The molecular formula is C34H42I6N6O15. The van der Waals surface area contributed by atoms with E-state index in [9.17, 15) is 74.7 Å². The maximum atomic E-state index is 13.3. The van der Waals surface area contributed by atoms with Gasteiger partial charge in [0, 0.05) is 47.0 Å². The summed E-state index contributed by atoms with van der Waals surface area (Å²) in [6.45, 7) is -4.38. The molecule has 61 heavy (non-hydrogen) atoms. The highest BCUT2D eigenvalue weighted by Gasteiger charge is 2.31. The van der Waals surface area contributed by atoms with E-state index >= 15 is 0 Å². The first-order valence-electron chi connectivity index (χ1n) is 17.6. The number of hydrogen-bond donors (Lipinski definition) is 15. The second kappa shape index (κ2) is 27.7. The number of amides is 6. The lowest BCUT2D eigenvalue weighted by Crippen LogP contribution is -2.38. The van der Waals surface area contributed by atoms with Crippen LogP contribution < -0.4 is 31.9 Å². The lowest BCUT2D eigenvalue weighted by molar-refractivity contribution is -0.122. The van der Waals surface area contributed by atoms with Crippen LogP contribution in [0.25, 0.3) is 0 Å². The molecule has 0 fully saturated rings. The van der Waals surface area contributed by atoms with Crippen LogP contribution in [0.3, 0.4) is 0 Å². The Bertz CT molecular complexity index is 1840. The molecule has 0 aromatic heterocycles. The molecule has 15 N–H and O–H groups in total. The first-order valence-corrected chi connectivity index (χ1v) is 24.0. The Hall–Kier alpha value is -0.720. The molecule has 0 saturated heterocycles. The summed E-state index contributed by atoms with van der Waals surface area (Å²) < 4.78 is 1.17. The topological polar surface area (TPSA) is 357 Å². The van der Waals surface area contributed by atoms with Crippen LogP contribution >= 0.6 is 136 Å². The second-order valence-corrected chi connectivity index (χ2v) is 19.3. The van der Waals surface area contributed by atoms with Crippen LogP contribution in [0, 0.1) is 21.4 Å². The normalized spacial score (nSPS) is 13.6. The number of carbonyl (C=O) groups excluding carboxylic acids is 6. The lowest BCUT2D eigenvalue weighted by Gasteiger charge is -2.21. The Labute approximate surface area is 430 Å². The number of nitrogens with one attached hydrogen (secondary N) is 6. The Kier molecular flexibility index (Phi) is 25.6. The number of halogens is 6. The quantitative estimate of drug-likeness (QED) is 0.0521. The number of carbonyl (C=O) groups is 6. The van der Waals surface area contributed by atoms with E-state index in [0.29, 0.717) is 0 Å². The average molecular weight is 1540 g/mol. The number of anilines is 1. The van der Waals surface area contributed by atoms with Crippen molar-refractivity contribution in [1.29, 1.82) is 0 Å². The van der Waals surface area contributed by atoms with Gasteiger partial charge in [-0.15, -0.1) is 0 Å². The molecule has 0 aliphatic carbocycles. The Morgan fingerprint density at radius 1 is 0.410 bits per heavy atom. The van der Waals surface area contributed by atoms with Crippen molar-refractivity contribution in [1.82, 2.24) is 26.6 Å². The summed E-state index contributed by atoms with van der Waals surface area (Å²) in [4.78, 5) is 79.9. The molecule has 27 heteroatoms. The van der Waals surface area contributed by atoms with E-state index in [4.69, 9.17) is 0 Å². The molecule has 0 bridgehead atoms. The second-order valence-electron chi connectivity index (χ2n) is 12.8. The fourth-order valence-electron chi connectivity index (χ4n) is 4.83. The van der Waals surface area contributed by atoms with Crippen LogP contribution in [0.4, 0.5) is 5.69 Å². The third-order valence-corrected chi connectivity index (χ3v) is 14.7. The minimum absolute atomic E-state index is 0.00264. The number of rotatable bonds is 23. The summed E-state index contributed by atoms with van der Waals surface area (Å²) in [6.07, 6.45) is -7.65. The van der Waals surface area contributed by atoms with Crippen LogP contribution in [0.2, 0.25) is 0 Å². The number of benzene rings is 2. The van der Waals surface area contributed by atoms with Crippen LogP contribution in [-0.2, 0) is 16.0 Å². The van der Waals surface area contributed by atoms with E-state index in [1.54, 1.807) is 90.4 Å². The van der Waals surface area contributed by atoms with Crippen LogP contribution in [0.5, 0.6) is 0 Å². The van der Waals surface area contributed by atoms with Gasteiger partial charge in [0.25, 0.3) is 23.6 Å². The molecule has 5 atom stereocenters. The predicted octanol–water partition coefficient (Wildman–Crippen LogP) is -2.31. The molecular weight excluding hydrogens is 1490 g/mol. The van der Waals surface area contributed by atoms with E-state index in [2.05, 4.69) is 31.9 Å². The fourth-order valence-corrected chi connectivity index (χ4v) is 13.8. The van der Waals surface area contributed by atoms with Crippen molar-refractivity contribution in [3.63, 3.8) is 0 Å².